The average Bonchev–Trinajstić information content (AvgIpc) is 2.82. The zero-order chi connectivity index (χ0) is 24.9. The van der Waals surface area contributed by atoms with Gasteiger partial charge >= 0.3 is 6.09 Å². The fourth-order valence-corrected chi connectivity index (χ4v) is 3.97. The van der Waals surface area contributed by atoms with Gasteiger partial charge in [-0.2, -0.15) is 0 Å². The molecule has 1 heterocycles. The lowest BCUT2D eigenvalue weighted by molar-refractivity contribution is 0.0259. The van der Waals surface area contributed by atoms with Crippen LogP contribution < -0.4 is 9.47 Å². The SMILES string of the molecule is COc1ccc(CN(C(=O)c2cc(OC)ccc2Br)C2=CCN(C(=O)OC(C)(C)C)CC2)cc1. The van der Waals surface area contributed by atoms with E-state index in [1.165, 1.54) is 0 Å². The summed E-state index contributed by atoms with van der Waals surface area (Å²) in [5.41, 5.74) is 1.76. The molecule has 8 heteroatoms. The summed E-state index contributed by atoms with van der Waals surface area (Å²) in [6.07, 6.45) is 2.09. The minimum atomic E-state index is -0.559. The van der Waals surface area contributed by atoms with Gasteiger partial charge in [-0.15, -0.1) is 0 Å². The monoisotopic (exact) mass is 530 g/mol. The Bertz CT molecular complexity index is 1060. The van der Waals surface area contributed by atoms with E-state index in [4.69, 9.17) is 14.2 Å². The highest BCUT2D eigenvalue weighted by atomic mass is 79.9. The lowest BCUT2D eigenvalue weighted by Gasteiger charge is -2.33. The third-order valence-electron chi connectivity index (χ3n) is 5.33. The van der Waals surface area contributed by atoms with Crippen molar-refractivity contribution in [3.63, 3.8) is 0 Å². The second-order valence-corrected chi connectivity index (χ2v) is 9.81. The third-order valence-corrected chi connectivity index (χ3v) is 6.02. The summed E-state index contributed by atoms with van der Waals surface area (Å²) >= 11 is 3.50. The fourth-order valence-electron chi connectivity index (χ4n) is 3.55. The van der Waals surface area contributed by atoms with Crippen molar-refractivity contribution in [1.29, 1.82) is 0 Å². The summed E-state index contributed by atoms with van der Waals surface area (Å²) < 4.78 is 16.8. The molecule has 0 atom stereocenters. The Morgan fingerprint density at radius 3 is 2.24 bits per heavy atom. The van der Waals surface area contributed by atoms with Gasteiger partial charge in [0.1, 0.15) is 17.1 Å². The number of halogens is 1. The summed E-state index contributed by atoms with van der Waals surface area (Å²) in [5, 5.41) is 0. The summed E-state index contributed by atoms with van der Waals surface area (Å²) in [6.45, 7) is 6.75. The zero-order valence-electron chi connectivity index (χ0n) is 20.3. The maximum atomic E-state index is 13.7. The Labute approximate surface area is 209 Å². The highest BCUT2D eigenvalue weighted by Gasteiger charge is 2.28. The van der Waals surface area contributed by atoms with Gasteiger partial charge in [0.25, 0.3) is 5.91 Å². The van der Waals surface area contributed by atoms with Gasteiger partial charge in [-0.3, -0.25) is 4.79 Å². The maximum Gasteiger partial charge on any atom is 0.410 e. The van der Waals surface area contributed by atoms with Crippen LogP contribution in [-0.2, 0) is 11.3 Å². The van der Waals surface area contributed by atoms with Crippen molar-refractivity contribution in [1.82, 2.24) is 9.80 Å². The molecule has 0 radical (unpaired) electrons. The number of methoxy groups -OCH3 is 2. The van der Waals surface area contributed by atoms with Gasteiger partial charge in [-0.05, 0) is 78.7 Å². The van der Waals surface area contributed by atoms with Crippen molar-refractivity contribution in [3.8, 4) is 11.5 Å². The van der Waals surface area contributed by atoms with Gasteiger partial charge < -0.3 is 24.0 Å². The van der Waals surface area contributed by atoms with E-state index in [0.717, 1.165) is 17.0 Å². The average molecular weight is 531 g/mol. The van der Waals surface area contributed by atoms with Crippen molar-refractivity contribution >= 4 is 27.9 Å². The number of carbonyl (C=O) groups excluding carboxylic acids is 2. The van der Waals surface area contributed by atoms with Gasteiger partial charge in [-0.1, -0.05) is 12.1 Å². The summed E-state index contributed by atoms with van der Waals surface area (Å²) in [6, 6.07) is 13.0. The summed E-state index contributed by atoms with van der Waals surface area (Å²) in [5.74, 6) is 1.20. The Morgan fingerprint density at radius 1 is 1.03 bits per heavy atom. The van der Waals surface area contributed by atoms with Crippen LogP contribution in [0.15, 0.2) is 58.7 Å². The largest absolute Gasteiger partial charge is 0.497 e. The van der Waals surface area contributed by atoms with E-state index in [1.54, 1.807) is 42.2 Å². The third kappa shape index (κ3) is 6.53. The van der Waals surface area contributed by atoms with Gasteiger partial charge in [0.05, 0.1) is 26.3 Å². The standard InChI is InChI=1S/C26H31BrN2O5/c1-26(2,3)34-25(31)28-14-12-19(13-15-28)29(17-18-6-8-20(32-4)9-7-18)24(30)22-16-21(33-5)10-11-23(22)27/h6-12,16H,13-15,17H2,1-5H3. The minimum Gasteiger partial charge on any atom is -0.497 e. The van der Waals surface area contributed by atoms with Crippen LogP contribution in [0.25, 0.3) is 0 Å². The molecule has 182 valence electrons. The predicted molar refractivity (Wildman–Crippen MR) is 134 cm³/mol. The molecule has 0 bridgehead atoms. The molecule has 0 N–H and O–H groups in total. The van der Waals surface area contributed by atoms with E-state index in [9.17, 15) is 9.59 Å². The predicted octanol–water partition coefficient (Wildman–Crippen LogP) is 5.63. The number of rotatable bonds is 6. The Balaban J connectivity index is 1.89. The molecular weight excluding hydrogens is 500 g/mol. The van der Waals surface area contributed by atoms with E-state index in [1.807, 2.05) is 51.1 Å². The van der Waals surface area contributed by atoms with Crippen molar-refractivity contribution in [2.45, 2.75) is 39.3 Å². The normalized spacial score (nSPS) is 13.7. The number of ether oxygens (including phenoxy) is 3. The number of carbonyl (C=O) groups is 2. The lowest BCUT2D eigenvalue weighted by Crippen LogP contribution is -2.41. The molecule has 0 fully saturated rings. The van der Waals surface area contributed by atoms with Crippen LogP contribution in [0.5, 0.6) is 11.5 Å². The molecule has 0 spiro atoms. The molecule has 34 heavy (non-hydrogen) atoms. The van der Waals surface area contributed by atoms with E-state index in [-0.39, 0.29) is 12.0 Å². The molecule has 0 aromatic heterocycles. The number of amides is 2. The van der Waals surface area contributed by atoms with Crippen LogP contribution in [0.3, 0.4) is 0 Å². The second kappa shape index (κ2) is 11.0. The maximum absolute atomic E-state index is 13.7. The van der Waals surface area contributed by atoms with E-state index in [0.29, 0.717) is 41.8 Å². The van der Waals surface area contributed by atoms with Crippen LogP contribution in [0.1, 0.15) is 43.1 Å². The van der Waals surface area contributed by atoms with Crippen molar-refractivity contribution in [2.24, 2.45) is 0 Å². The Morgan fingerprint density at radius 2 is 1.68 bits per heavy atom. The first-order valence-corrected chi connectivity index (χ1v) is 11.9. The van der Waals surface area contributed by atoms with Gasteiger partial charge in [0.15, 0.2) is 0 Å². The Hall–Kier alpha value is -3.00. The topological polar surface area (TPSA) is 68.3 Å². The second-order valence-electron chi connectivity index (χ2n) is 8.96. The van der Waals surface area contributed by atoms with E-state index < -0.39 is 5.60 Å². The zero-order valence-corrected chi connectivity index (χ0v) is 21.8. The van der Waals surface area contributed by atoms with Gasteiger partial charge in [-0.25, -0.2) is 4.79 Å². The van der Waals surface area contributed by atoms with Crippen LogP contribution in [0.2, 0.25) is 0 Å². The van der Waals surface area contributed by atoms with Crippen LogP contribution in [0, 0.1) is 0 Å². The van der Waals surface area contributed by atoms with Crippen molar-refractivity contribution < 1.29 is 23.8 Å². The summed E-state index contributed by atoms with van der Waals surface area (Å²) in [7, 11) is 3.19. The van der Waals surface area contributed by atoms with Crippen molar-refractivity contribution in [3.05, 3.63) is 69.8 Å². The molecule has 2 aromatic carbocycles. The number of benzene rings is 2. The van der Waals surface area contributed by atoms with Gasteiger partial charge in [0.2, 0.25) is 0 Å². The molecule has 0 unspecified atom stereocenters. The molecule has 2 aromatic rings. The molecule has 2 amide bonds. The van der Waals surface area contributed by atoms with Crippen LogP contribution in [0.4, 0.5) is 4.79 Å². The molecule has 7 nitrogen and oxygen atoms in total. The first-order chi connectivity index (χ1) is 16.1. The lowest BCUT2D eigenvalue weighted by atomic mass is 10.1. The molecular formula is C26H31BrN2O5. The molecule has 0 saturated carbocycles. The van der Waals surface area contributed by atoms with Crippen molar-refractivity contribution in [2.75, 3.05) is 27.3 Å². The van der Waals surface area contributed by atoms with Gasteiger partial charge in [0, 0.05) is 29.7 Å². The molecule has 0 aliphatic carbocycles. The van der Waals surface area contributed by atoms with Crippen LogP contribution >= 0.6 is 15.9 Å². The fraction of sp³-hybridized carbons (Fsp3) is 0.385. The molecule has 3 rings (SSSR count). The quantitative estimate of drug-likeness (QED) is 0.483. The highest BCUT2D eigenvalue weighted by Crippen LogP contribution is 2.28. The first kappa shape index (κ1) is 25.6. The van der Waals surface area contributed by atoms with E-state index >= 15 is 0 Å². The van der Waals surface area contributed by atoms with Crippen LogP contribution in [-0.4, -0.2) is 54.7 Å². The Kier molecular flexibility index (Phi) is 8.25. The summed E-state index contributed by atoms with van der Waals surface area (Å²) in [4.78, 5) is 29.6. The number of hydrogen-bond donors (Lipinski definition) is 0. The minimum absolute atomic E-state index is 0.154. The number of hydrogen-bond acceptors (Lipinski definition) is 5. The molecule has 0 saturated heterocycles. The molecule has 1 aliphatic rings. The van der Waals surface area contributed by atoms with E-state index in [2.05, 4.69) is 15.9 Å². The molecule has 1 aliphatic heterocycles. The first-order valence-electron chi connectivity index (χ1n) is 11.1. The highest BCUT2D eigenvalue weighted by molar-refractivity contribution is 9.10. The number of nitrogens with zero attached hydrogens (tertiary/aromatic N) is 2. The smallest absolute Gasteiger partial charge is 0.410 e.